The fraction of sp³-hybridized carbons (Fsp3) is 0. The van der Waals surface area contributed by atoms with Crippen molar-refractivity contribution >= 4 is 34.8 Å². The first-order chi connectivity index (χ1) is 12.1. The number of hydrogen-bond donors (Lipinski definition) is 0. The second kappa shape index (κ2) is 6.03. The fourth-order valence-corrected chi connectivity index (χ4v) is 3.10. The minimum absolute atomic E-state index is 0.200. The van der Waals surface area contributed by atoms with Crippen molar-refractivity contribution in [2.45, 2.75) is 0 Å². The lowest BCUT2D eigenvalue weighted by molar-refractivity contribution is 0.0979. The molecule has 1 aliphatic rings. The zero-order valence-corrected chi connectivity index (χ0v) is 14.2. The SMILES string of the molecule is O=C1c2c[c]ccc2C(=O)c2cc(Oc3cccc(Cl)c3Cl)ccc21. The fourth-order valence-electron chi connectivity index (χ4n) is 2.77. The molecule has 0 bridgehead atoms. The number of carbonyl (C=O) groups is 2. The third kappa shape index (κ3) is 2.62. The van der Waals surface area contributed by atoms with Crippen molar-refractivity contribution in [3.05, 3.63) is 93.0 Å². The van der Waals surface area contributed by atoms with E-state index in [1.54, 1.807) is 48.5 Å². The Hall–Kier alpha value is -2.62. The predicted molar refractivity (Wildman–Crippen MR) is 95.1 cm³/mol. The highest BCUT2D eigenvalue weighted by atomic mass is 35.5. The number of hydrogen-bond acceptors (Lipinski definition) is 3. The van der Waals surface area contributed by atoms with Gasteiger partial charge in [-0.05, 0) is 48.5 Å². The molecule has 121 valence electrons. The van der Waals surface area contributed by atoms with Gasteiger partial charge in [-0.25, -0.2) is 0 Å². The third-order valence-corrected chi connectivity index (χ3v) is 4.78. The molecular weight excluding hydrogens is 359 g/mol. The van der Waals surface area contributed by atoms with Gasteiger partial charge in [-0.2, -0.15) is 0 Å². The molecule has 0 aliphatic heterocycles. The van der Waals surface area contributed by atoms with Gasteiger partial charge < -0.3 is 4.74 Å². The van der Waals surface area contributed by atoms with Crippen molar-refractivity contribution in [2.24, 2.45) is 0 Å². The number of ether oxygens (including phenoxy) is 1. The molecule has 0 atom stereocenters. The molecule has 0 heterocycles. The Morgan fingerprint density at radius 1 is 0.840 bits per heavy atom. The molecule has 0 aromatic heterocycles. The van der Waals surface area contributed by atoms with Crippen LogP contribution in [0.2, 0.25) is 10.0 Å². The van der Waals surface area contributed by atoms with E-state index in [-0.39, 0.29) is 16.6 Å². The maximum atomic E-state index is 12.7. The number of ketones is 2. The summed E-state index contributed by atoms with van der Waals surface area (Å²) in [6, 6.07) is 17.4. The molecular formula is C20H9Cl2O3. The minimum Gasteiger partial charge on any atom is -0.456 e. The maximum Gasteiger partial charge on any atom is 0.194 e. The minimum atomic E-state index is -0.221. The van der Waals surface area contributed by atoms with E-state index >= 15 is 0 Å². The van der Waals surface area contributed by atoms with E-state index in [2.05, 4.69) is 6.07 Å². The largest absolute Gasteiger partial charge is 0.456 e. The summed E-state index contributed by atoms with van der Waals surface area (Å²) in [6.45, 7) is 0. The molecule has 0 saturated heterocycles. The van der Waals surface area contributed by atoms with E-state index in [4.69, 9.17) is 27.9 Å². The van der Waals surface area contributed by atoms with Gasteiger partial charge >= 0.3 is 0 Å². The summed E-state index contributed by atoms with van der Waals surface area (Å²) in [6.07, 6.45) is 0. The van der Waals surface area contributed by atoms with E-state index < -0.39 is 0 Å². The summed E-state index contributed by atoms with van der Waals surface area (Å²) in [5, 5.41) is 0.652. The molecule has 1 radical (unpaired) electrons. The van der Waals surface area contributed by atoms with Crippen LogP contribution >= 0.6 is 23.2 Å². The van der Waals surface area contributed by atoms with Crippen LogP contribution in [0.25, 0.3) is 0 Å². The summed E-state index contributed by atoms with van der Waals surface area (Å²) in [5.41, 5.74) is 1.39. The molecule has 3 aromatic carbocycles. The Morgan fingerprint density at radius 3 is 2.44 bits per heavy atom. The van der Waals surface area contributed by atoms with Gasteiger partial charge in [-0.15, -0.1) is 0 Å². The average molecular weight is 368 g/mol. The Labute approximate surface area is 153 Å². The van der Waals surface area contributed by atoms with E-state index in [0.717, 1.165) is 0 Å². The third-order valence-electron chi connectivity index (χ3n) is 3.98. The number of rotatable bonds is 2. The summed E-state index contributed by atoms with van der Waals surface area (Å²) >= 11 is 12.1. The van der Waals surface area contributed by atoms with E-state index in [1.807, 2.05) is 0 Å². The van der Waals surface area contributed by atoms with E-state index in [9.17, 15) is 9.59 Å². The molecule has 0 amide bonds. The zero-order valence-electron chi connectivity index (χ0n) is 12.7. The number of fused-ring (bicyclic) bond motifs is 2. The Balaban J connectivity index is 1.77. The standard InChI is InChI=1S/C20H9Cl2O3/c21-16-6-3-7-17(18(16)22)25-11-8-9-14-15(10-11)20(24)13-5-2-1-4-12(13)19(14)23/h2-10H. The van der Waals surface area contributed by atoms with Gasteiger partial charge in [0.1, 0.15) is 16.5 Å². The second-order valence-corrected chi connectivity index (χ2v) is 6.28. The summed E-state index contributed by atoms with van der Waals surface area (Å²) in [5.74, 6) is 0.351. The van der Waals surface area contributed by atoms with Crippen LogP contribution in [-0.4, -0.2) is 11.6 Å². The Morgan fingerprint density at radius 2 is 1.60 bits per heavy atom. The Kier molecular flexibility index (Phi) is 3.83. The first-order valence-electron chi connectivity index (χ1n) is 7.41. The first-order valence-corrected chi connectivity index (χ1v) is 8.17. The molecule has 0 unspecified atom stereocenters. The van der Waals surface area contributed by atoms with Crippen molar-refractivity contribution in [1.29, 1.82) is 0 Å². The van der Waals surface area contributed by atoms with Crippen LogP contribution in [0.1, 0.15) is 31.8 Å². The van der Waals surface area contributed by atoms with Crippen LogP contribution in [0, 0.1) is 6.07 Å². The molecule has 3 aromatic rings. The molecule has 1 aliphatic carbocycles. The normalized spacial score (nSPS) is 12.6. The summed E-state index contributed by atoms with van der Waals surface area (Å²) < 4.78 is 5.74. The molecule has 4 rings (SSSR count). The molecule has 5 heteroatoms. The van der Waals surface area contributed by atoms with Crippen LogP contribution in [-0.2, 0) is 0 Å². The highest BCUT2D eigenvalue weighted by Gasteiger charge is 2.29. The monoisotopic (exact) mass is 367 g/mol. The lowest BCUT2D eigenvalue weighted by Gasteiger charge is -2.18. The van der Waals surface area contributed by atoms with Crippen molar-refractivity contribution in [2.75, 3.05) is 0 Å². The van der Waals surface area contributed by atoms with Crippen LogP contribution in [0.3, 0.4) is 0 Å². The molecule has 3 nitrogen and oxygen atoms in total. The Bertz CT molecular complexity index is 1040. The predicted octanol–water partition coefficient (Wildman–Crippen LogP) is 5.36. The molecule has 0 fully saturated rings. The van der Waals surface area contributed by atoms with Gasteiger partial charge in [0.25, 0.3) is 0 Å². The van der Waals surface area contributed by atoms with Gasteiger partial charge in [0.2, 0.25) is 0 Å². The van der Waals surface area contributed by atoms with Crippen molar-refractivity contribution in [1.82, 2.24) is 0 Å². The number of benzene rings is 3. The lowest BCUT2D eigenvalue weighted by atomic mass is 9.84. The topological polar surface area (TPSA) is 43.4 Å². The van der Waals surface area contributed by atoms with Gasteiger partial charge in [0.05, 0.1) is 5.02 Å². The van der Waals surface area contributed by atoms with Crippen LogP contribution in [0.5, 0.6) is 11.5 Å². The van der Waals surface area contributed by atoms with E-state index in [0.29, 0.717) is 38.8 Å². The zero-order chi connectivity index (χ0) is 17.6. The molecule has 0 spiro atoms. The van der Waals surface area contributed by atoms with E-state index in [1.165, 1.54) is 6.07 Å². The van der Waals surface area contributed by atoms with Crippen LogP contribution < -0.4 is 4.74 Å². The van der Waals surface area contributed by atoms with Gasteiger partial charge in [0, 0.05) is 22.3 Å². The highest BCUT2D eigenvalue weighted by Crippen LogP contribution is 2.36. The number of halogens is 2. The van der Waals surface area contributed by atoms with Crippen molar-refractivity contribution in [3.63, 3.8) is 0 Å². The lowest BCUT2D eigenvalue weighted by Crippen LogP contribution is -2.20. The van der Waals surface area contributed by atoms with Crippen molar-refractivity contribution in [3.8, 4) is 11.5 Å². The van der Waals surface area contributed by atoms with Gasteiger partial charge in [-0.1, -0.05) is 35.3 Å². The summed E-state index contributed by atoms with van der Waals surface area (Å²) in [4.78, 5) is 25.3. The molecule has 0 N–H and O–H groups in total. The summed E-state index contributed by atoms with van der Waals surface area (Å²) in [7, 11) is 0. The first kappa shape index (κ1) is 15.9. The van der Waals surface area contributed by atoms with Gasteiger partial charge in [0.15, 0.2) is 11.6 Å². The van der Waals surface area contributed by atoms with Gasteiger partial charge in [-0.3, -0.25) is 9.59 Å². The second-order valence-electron chi connectivity index (χ2n) is 5.49. The maximum absolute atomic E-state index is 12.7. The number of carbonyl (C=O) groups excluding carboxylic acids is 2. The smallest absolute Gasteiger partial charge is 0.194 e. The quantitative estimate of drug-likeness (QED) is 0.478. The molecule has 0 saturated carbocycles. The van der Waals surface area contributed by atoms with Crippen molar-refractivity contribution < 1.29 is 14.3 Å². The highest BCUT2D eigenvalue weighted by molar-refractivity contribution is 6.42. The van der Waals surface area contributed by atoms with Crippen LogP contribution in [0.15, 0.2) is 54.6 Å². The molecule has 25 heavy (non-hydrogen) atoms. The van der Waals surface area contributed by atoms with Crippen LogP contribution in [0.4, 0.5) is 0 Å². The average Bonchev–Trinajstić information content (AvgIpc) is 2.63.